The minimum Gasteiger partial charge on any atom is -0.457 e. The molecule has 1 saturated heterocycles. The number of cyclic esters (lactones) is 1. The monoisotopic (exact) mass is 238 g/mol. The van der Waals surface area contributed by atoms with Crippen LogP contribution in [0, 0.1) is 0 Å². The Morgan fingerprint density at radius 1 is 0.833 bits per heavy atom. The van der Waals surface area contributed by atoms with Crippen LogP contribution >= 0.6 is 0 Å². The Morgan fingerprint density at radius 2 is 1.39 bits per heavy atom. The third-order valence-electron chi connectivity index (χ3n) is 3.37. The second-order valence-electron chi connectivity index (χ2n) is 4.54. The minimum atomic E-state index is -0.152. The maximum absolute atomic E-state index is 11.6. The Kier molecular flexibility index (Phi) is 2.85. The highest BCUT2D eigenvalue weighted by Crippen LogP contribution is 2.41. The van der Waals surface area contributed by atoms with Gasteiger partial charge in [0.25, 0.3) is 0 Å². The quantitative estimate of drug-likeness (QED) is 0.749. The van der Waals surface area contributed by atoms with E-state index in [0.29, 0.717) is 6.42 Å². The van der Waals surface area contributed by atoms with Crippen molar-refractivity contribution in [2.75, 3.05) is 0 Å². The number of hydrogen-bond donors (Lipinski definition) is 0. The van der Waals surface area contributed by atoms with E-state index in [1.54, 1.807) is 0 Å². The molecule has 3 rings (SSSR count). The summed E-state index contributed by atoms with van der Waals surface area (Å²) >= 11 is 0. The summed E-state index contributed by atoms with van der Waals surface area (Å²) in [4.78, 5) is 11.6. The zero-order valence-corrected chi connectivity index (χ0v) is 9.95. The van der Waals surface area contributed by atoms with E-state index in [-0.39, 0.29) is 18.0 Å². The Bertz CT molecular complexity index is 484. The first-order valence-corrected chi connectivity index (χ1v) is 6.14. The fraction of sp³-hybridized carbons (Fsp3) is 0.188. The summed E-state index contributed by atoms with van der Waals surface area (Å²) in [5, 5.41) is 0. The van der Waals surface area contributed by atoms with Gasteiger partial charge < -0.3 is 4.74 Å². The van der Waals surface area contributed by atoms with Crippen molar-refractivity contribution in [2.24, 2.45) is 0 Å². The predicted molar refractivity (Wildman–Crippen MR) is 69.1 cm³/mol. The Morgan fingerprint density at radius 3 is 2.00 bits per heavy atom. The number of carbonyl (C=O) groups excluding carboxylic acids is 1. The normalized spacial score (nSPS) is 22.8. The molecule has 0 aromatic heterocycles. The van der Waals surface area contributed by atoms with Gasteiger partial charge in [-0.2, -0.15) is 0 Å². The van der Waals surface area contributed by atoms with Crippen LogP contribution in [0.3, 0.4) is 0 Å². The first-order chi connectivity index (χ1) is 8.84. The molecule has 1 fully saturated rings. The molecular formula is C16H14O2. The Labute approximate surface area is 106 Å². The average Bonchev–Trinajstić information content (AvgIpc) is 2.83. The Hall–Kier alpha value is -2.09. The van der Waals surface area contributed by atoms with Gasteiger partial charge in [-0.25, -0.2) is 0 Å². The van der Waals surface area contributed by atoms with Crippen LogP contribution in [-0.4, -0.2) is 5.97 Å². The van der Waals surface area contributed by atoms with E-state index < -0.39 is 0 Å². The van der Waals surface area contributed by atoms with Crippen LogP contribution in [0.15, 0.2) is 60.7 Å². The average molecular weight is 238 g/mol. The fourth-order valence-corrected chi connectivity index (χ4v) is 2.49. The molecule has 0 aliphatic carbocycles. The summed E-state index contributed by atoms with van der Waals surface area (Å²) in [5.74, 6) is 0.0128. The molecule has 18 heavy (non-hydrogen) atoms. The summed E-state index contributed by atoms with van der Waals surface area (Å²) in [6, 6.07) is 20.0. The van der Waals surface area contributed by atoms with Crippen LogP contribution in [0.1, 0.15) is 29.6 Å². The molecule has 2 aromatic rings. The summed E-state index contributed by atoms with van der Waals surface area (Å²) < 4.78 is 5.48. The molecule has 2 nitrogen and oxygen atoms in total. The molecule has 0 N–H and O–H groups in total. The summed E-state index contributed by atoms with van der Waals surface area (Å²) in [7, 11) is 0. The molecule has 0 unspecified atom stereocenters. The van der Waals surface area contributed by atoms with Gasteiger partial charge in [0, 0.05) is 5.92 Å². The van der Waals surface area contributed by atoms with E-state index in [2.05, 4.69) is 12.1 Å². The summed E-state index contributed by atoms with van der Waals surface area (Å²) in [5.41, 5.74) is 2.23. The van der Waals surface area contributed by atoms with Crippen LogP contribution in [0.2, 0.25) is 0 Å². The smallest absolute Gasteiger partial charge is 0.307 e. The molecule has 2 aromatic carbocycles. The number of benzene rings is 2. The predicted octanol–water partition coefficient (Wildman–Crippen LogP) is 3.46. The summed E-state index contributed by atoms with van der Waals surface area (Å²) in [6.07, 6.45) is 0.310. The lowest BCUT2D eigenvalue weighted by Crippen LogP contribution is -2.05. The van der Waals surface area contributed by atoms with Gasteiger partial charge in [0.2, 0.25) is 0 Å². The number of hydrogen-bond acceptors (Lipinski definition) is 2. The molecule has 0 spiro atoms. The molecule has 1 heterocycles. The van der Waals surface area contributed by atoms with E-state index in [4.69, 9.17) is 4.74 Å². The van der Waals surface area contributed by atoms with Crippen molar-refractivity contribution >= 4 is 5.97 Å². The van der Waals surface area contributed by atoms with Crippen molar-refractivity contribution in [3.05, 3.63) is 71.8 Å². The largest absolute Gasteiger partial charge is 0.457 e. The lowest BCUT2D eigenvalue weighted by molar-refractivity contribution is -0.141. The third kappa shape index (κ3) is 2.02. The van der Waals surface area contributed by atoms with Crippen molar-refractivity contribution in [3.63, 3.8) is 0 Å². The van der Waals surface area contributed by atoms with Crippen molar-refractivity contribution in [1.29, 1.82) is 0 Å². The standard InChI is InChI=1S/C16H14O2/c17-15-11-14(12-7-3-1-4-8-12)16(18-15)13-9-5-2-6-10-13/h1-10,14,16H,11H2/t14-,16+/m0/s1. The van der Waals surface area contributed by atoms with Gasteiger partial charge in [-0.3, -0.25) is 4.79 Å². The molecule has 2 atom stereocenters. The maximum atomic E-state index is 11.6. The molecule has 90 valence electrons. The van der Waals surface area contributed by atoms with Gasteiger partial charge in [-0.05, 0) is 11.1 Å². The molecule has 0 saturated carbocycles. The molecule has 1 aliphatic heterocycles. The molecule has 0 bridgehead atoms. The second-order valence-corrected chi connectivity index (χ2v) is 4.54. The van der Waals surface area contributed by atoms with Crippen LogP contribution < -0.4 is 0 Å². The van der Waals surface area contributed by atoms with Crippen LogP contribution in [-0.2, 0) is 9.53 Å². The number of ether oxygens (including phenoxy) is 1. The summed E-state index contributed by atoms with van der Waals surface area (Å²) in [6.45, 7) is 0. The Balaban J connectivity index is 1.96. The highest BCUT2D eigenvalue weighted by molar-refractivity contribution is 5.74. The van der Waals surface area contributed by atoms with Crippen molar-refractivity contribution in [3.8, 4) is 0 Å². The van der Waals surface area contributed by atoms with Gasteiger partial charge in [-0.15, -0.1) is 0 Å². The van der Waals surface area contributed by atoms with E-state index in [1.165, 1.54) is 0 Å². The van der Waals surface area contributed by atoms with Gasteiger partial charge >= 0.3 is 5.97 Å². The maximum Gasteiger partial charge on any atom is 0.307 e. The van der Waals surface area contributed by atoms with Crippen LogP contribution in [0.25, 0.3) is 0 Å². The first-order valence-electron chi connectivity index (χ1n) is 6.14. The van der Waals surface area contributed by atoms with E-state index >= 15 is 0 Å². The van der Waals surface area contributed by atoms with Gasteiger partial charge in [-0.1, -0.05) is 60.7 Å². The van der Waals surface area contributed by atoms with Gasteiger partial charge in [0.15, 0.2) is 0 Å². The van der Waals surface area contributed by atoms with Crippen molar-refractivity contribution in [1.82, 2.24) is 0 Å². The molecule has 0 radical (unpaired) electrons. The lowest BCUT2D eigenvalue weighted by Gasteiger charge is -2.18. The van der Waals surface area contributed by atoms with Gasteiger partial charge in [0.1, 0.15) is 6.10 Å². The van der Waals surface area contributed by atoms with Crippen LogP contribution in [0.5, 0.6) is 0 Å². The highest BCUT2D eigenvalue weighted by atomic mass is 16.5. The van der Waals surface area contributed by atoms with Gasteiger partial charge in [0.05, 0.1) is 6.42 Å². The number of rotatable bonds is 2. The van der Waals surface area contributed by atoms with Crippen molar-refractivity contribution < 1.29 is 9.53 Å². The van der Waals surface area contributed by atoms with Crippen LogP contribution in [0.4, 0.5) is 0 Å². The number of carbonyl (C=O) groups is 1. The zero-order valence-electron chi connectivity index (χ0n) is 9.95. The number of esters is 1. The lowest BCUT2D eigenvalue weighted by atomic mass is 9.89. The van der Waals surface area contributed by atoms with E-state index in [9.17, 15) is 4.79 Å². The molecule has 2 heteroatoms. The molecule has 1 aliphatic rings. The second kappa shape index (κ2) is 4.65. The van der Waals surface area contributed by atoms with E-state index in [0.717, 1.165) is 11.1 Å². The third-order valence-corrected chi connectivity index (χ3v) is 3.37. The highest BCUT2D eigenvalue weighted by Gasteiger charge is 2.36. The zero-order chi connectivity index (χ0) is 12.4. The fourth-order valence-electron chi connectivity index (χ4n) is 2.49. The topological polar surface area (TPSA) is 26.3 Å². The SMILES string of the molecule is O=C1C[C@@H](c2ccccc2)[C@@H](c2ccccc2)O1. The minimum absolute atomic E-state index is 0.113. The van der Waals surface area contributed by atoms with E-state index in [1.807, 2.05) is 48.5 Å². The molecular weight excluding hydrogens is 224 g/mol. The first kappa shape index (κ1) is 11.0. The molecule has 0 amide bonds. The van der Waals surface area contributed by atoms with Crippen molar-refractivity contribution in [2.45, 2.75) is 18.4 Å².